The van der Waals surface area contributed by atoms with Crippen molar-refractivity contribution in [3.8, 4) is 0 Å². The van der Waals surface area contributed by atoms with Gasteiger partial charge in [0.2, 0.25) is 5.89 Å². The van der Waals surface area contributed by atoms with Crippen molar-refractivity contribution in [2.24, 2.45) is 0 Å². The molecule has 2 N–H and O–H groups in total. The lowest BCUT2D eigenvalue weighted by Gasteiger charge is -2.09. The summed E-state index contributed by atoms with van der Waals surface area (Å²) in [4.78, 5) is 5.64. The Bertz CT molecular complexity index is 589. The van der Waals surface area contributed by atoms with Gasteiger partial charge < -0.3 is 15.1 Å². The van der Waals surface area contributed by atoms with Crippen molar-refractivity contribution >= 4 is 17.4 Å². The molecular weight excluding hydrogens is 274 g/mol. The van der Waals surface area contributed by atoms with Crippen molar-refractivity contribution in [1.82, 2.24) is 20.5 Å². The number of hydrogen-bond acceptors (Lipinski definition) is 7. The standard InChI is InChI=1S/C13H19N5OS/c1-7-12(20-9(3)15-7)8(2)16-13-18-17-11(19-13)6-14-10-4-5-10/h8,10,14H,4-6H2,1-3H3,(H,16,18). The monoisotopic (exact) mass is 293 g/mol. The van der Waals surface area contributed by atoms with E-state index in [-0.39, 0.29) is 6.04 Å². The molecule has 0 aliphatic heterocycles. The van der Waals surface area contributed by atoms with Crippen LogP contribution in [0.2, 0.25) is 0 Å². The van der Waals surface area contributed by atoms with Crippen molar-refractivity contribution in [1.29, 1.82) is 0 Å². The second-order valence-electron chi connectivity index (χ2n) is 5.20. The van der Waals surface area contributed by atoms with Gasteiger partial charge in [-0.3, -0.25) is 0 Å². The van der Waals surface area contributed by atoms with Gasteiger partial charge in [-0.15, -0.1) is 16.4 Å². The van der Waals surface area contributed by atoms with E-state index in [0.29, 0.717) is 24.5 Å². The minimum Gasteiger partial charge on any atom is -0.407 e. The molecule has 2 heterocycles. The molecule has 2 aromatic rings. The van der Waals surface area contributed by atoms with E-state index < -0.39 is 0 Å². The predicted molar refractivity (Wildman–Crippen MR) is 77.8 cm³/mol. The van der Waals surface area contributed by atoms with E-state index in [1.165, 1.54) is 17.7 Å². The summed E-state index contributed by atoms with van der Waals surface area (Å²) in [7, 11) is 0. The molecule has 0 amide bonds. The number of nitrogens with one attached hydrogen (secondary N) is 2. The third-order valence-electron chi connectivity index (χ3n) is 3.26. The van der Waals surface area contributed by atoms with Gasteiger partial charge in [0.25, 0.3) is 0 Å². The molecule has 0 spiro atoms. The maximum absolute atomic E-state index is 5.59. The van der Waals surface area contributed by atoms with Crippen LogP contribution < -0.4 is 10.6 Å². The van der Waals surface area contributed by atoms with Crippen LogP contribution in [0.15, 0.2) is 4.42 Å². The molecule has 1 atom stereocenters. The third-order valence-corrected chi connectivity index (χ3v) is 4.51. The van der Waals surface area contributed by atoms with Crippen molar-refractivity contribution in [3.05, 3.63) is 21.5 Å². The number of aromatic nitrogens is 3. The van der Waals surface area contributed by atoms with E-state index in [4.69, 9.17) is 4.42 Å². The Kier molecular flexibility index (Phi) is 3.71. The highest BCUT2D eigenvalue weighted by Crippen LogP contribution is 2.27. The number of hydrogen-bond donors (Lipinski definition) is 2. The Balaban J connectivity index is 1.60. The summed E-state index contributed by atoms with van der Waals surface area (Å²) in [5.41, 5.74) is 1.06. The summed E-state index contributed by atoms with van der Waals surface area (Å²) in [5, 5.41) is 15.7. The van der Waals surface area contributed by atoms with Gasteiger partial charge in [-0.25, -0.2) is 4.98 Å². The number of aryl methyl sites for hydroxylation is 2. The van der Waals surface area contributed by atoms with Gasteiger partial charge in [0.1, 0.15) is 0 Å². The molecular formula is C13H19N5OS. The minimum atomic E-state index is 0.117. The summed E-state index contributed by atoms with van der Waals surface area (Å²) >= 11 is 1.70. The Labute approximate surface area is 122 Å². The molecule has 0 bridgehead atoms. The van der Waals surface area contributed by atoms with Crippen LogP contribution in [-0.2, 0) is 6.54 Å². The normalized spacial score (nSPS) is 16.4. The Hall–Kier alpha value is -1.47. The lowest BCUT2D eigenvalue weighted by Crippen LogP contribution is -2.15. The van der Waals surface area contributed by atoms with Crippen LogP contribution in [0.4, 0.5) is 6.01 Å². The highest BCUT2D eigenvalue weighted by Gasteiger charge is 2.21. The van der Waals surface area contributed by atoms with E-state index in [1.807, 2.05) is 13.8 Å². The highest BCUT2D eigenvalue weighted by molar-refractivity contribution is 7.11. The smallest absolute Gasteiger partial charge is 0.316 e. The second kappa shape index (κ2) is 5.49. The minimum absolute atomic E-state index is 0.117. The molecule has 3 rings (SSSR count). The zero-order valence-electron chi connectivity index (χ0n) is 11.9. The SMILES string of the molecule is Cc1nc(C)c(C(C)Nc2nnc(CNC3CC3)o2)s1. The summed E-state index contributed by atoms with van der Waals surface area (Å²) in [6, 6.07) is 1.22. The van der Waals surface area contributed by atoms with E-state index in [2.05, 4.69) is 32.7 Å². The number of rotatable bonds is 6. The molecule has 20 heavy (non-hydrogen) atoms. The van der Waals surface area contributed by atoms with Crippen molar-refractivity contribution < 1.29 is 4.42 Å². The van der Waals surface area contributed by atoms with E-state index in [0.717, 1.165) is 10.7 Å². The summed E-state index contributed by atoms with van der Waals surface area (Å²) in [6.45, 7) is 6.76. The van der Waals surface area contributed by atoms with Crippen LogP contribution in [0.25, 0.3) is 0 Å². The first-order valence-corrected chi connectivity index (χ1v) is 7.69. The zero-order valence-corrected chi connectivity index (χ0v) is 12.8. The molecule has 1 aliphatic carbocycles. The molecule has 0 aromatic carbocycles. The topological polar surface area (TPSA) is 75.9 Å². The fraction of sp³-hybridized carbons (Fsp3) is 0.615. The molecule has 0 radical (unpaired) electrons. The van der Waals surface area contributed by atoms with Crippen LogP contribution in [0.1, 0.15) is 47.3 Å². The van der Waals surface area contributed by atoms with Gasteiger partial charge in [-0.1, -0.05) is 5.10 Å². The number of anilines is 1. The van der Waals surface area contributed by atoms with Gasteiger partial charge in [0, 0.05) is 10.9 Å². The Morgan fingerprint density at radius 2 is 2.15 bits per heavy atom. The average Bonchev–Trinajstić information content (AvgIpc) is 3.03. The van der Waals surface area contributed by atoms with Crippen LogP contribution in [0, 0.1) is 13.8 Å². The molecule has 1 aliphatic rings. The van der Waals surface area contributed by atoms with Gasteiger partial charge >= 0.3 is 6.01 Å². The lowest BCUT2D eigenvalue weighted by molar-refractivity contribution is 0.473. The fourth-order valence-corrected chi connectivity index (χ4v) is 3.03. The third kappa shape index (κ3) is 3.16. The first-order chi connectivity index (χ1) is 9.61. The largest absolute Gasteiger partial charge is 0.407 e. The number of thiazole rings is 1. The van der Waals surface area contributed by atoms with Crippen LogP contribution in [-0.4, -0.2) is 21.2 Å². The maximum atomic E-state index is 5.59. The molecule has 1 unspecified atom stereocenters. The summed E-state index contributed by atoms with van der Waals surface area (Å²) in [5.74, 6) is 0.629. The molecule has 1 saturated carbocycles. The van der Waals surface area contributed by atoms with E-state index >= 15 is 0 Å². The van der Waals surface area contributed by atoms with Gasteiger partial charge in [0.15, 0.2) is 0 Å². The van der Waals surface area contributed by atoms with Crippen LogP contribution in [0.3, 0.4) is 0 Å². The van der Waals surface area contributed by atoms with E-state index in [9.17, 15) is 0 Å². The average molecular weight is 293 g/mol. The lowest BCUT2D eigenvalue weighted by atomic mass is 10.2. The zero-order chi connectivity index (χ0) is 14.1. The quantitative estimate of drug-likeness (QED) is 0.852. The van der Waals surface area contributed by atoms with Gasteiger partial charge in [0.05, 0.1) is 23.3 Å². The van der Waals surface area contributed by atoms with E-state index in [1.54, 1.807) is 11.3 Å². The molecule has 2 aromatic heterocycles. The molecule has 108 valence electrons. The molecule has 1 fully saturated rings. The molecule has 7 heteroatoms. The fourth-order valence-electron chi connectivity index (χ4n) is 2.10. The molecule has 6 nitrogen and oxygen atoms in total. The summed E-state index contributed by atoms with van der Waals surface area (Å²) in [6.07, 6.45) is 2.50. The van der Waals surface area contributed by atoms with Crippen molar-refractivity contribution in [2.45, 2.75) is 52.2 Å². The Morgan fingerprint density at radius 3 is 2.80 bits per heavy atom. The van der Waals surface area contributed by atoms with Crippen LogP contribution >= 0.6 is 11.3 Å². The maximum Gasteiger partial charge on any atom is 0.316 e. The van der Waals surface area contributed by atoms with Crippen molar-refractivity contribution in [2.75, 3.05) is 5.32 Å². The first-order valence-electron chi connectivity index (χ1n) is 6.88. The summed E-state index contributed by atoms with van der Waals surface area (Å²) < 4.78 is 5.59. The van der Waals surface area contributed by atoms with Crippen molar-refractivity contribution in [3.63, 3.8) is 0 Å². The van der Waals surface area contributed by atoms with Gasteiger partial charge in [-0.2, -0.15) is 0 Å². The van der Waals surface area contributed by atoms with Crippen LogP contribution in [0.5, 0.6) is 0 Å². The predicted octanol–water partition coefficient (Wildman–Crippen LogP) is 2.57. The Morgan fingerprint density at radius 1 is 1.35 bits per heavy atom. The second-order valence-corrected chi connectivity index (χ2v) is 6.44. The molecule has 0 saturated heterocycles. The van der Waals surface area contributed by atoms with Gasteiger partial charge in [-0.05, 0) is 33.6 Å². The highest BCUT2D eigenvalue weighted by atomic mass is 32.1. The first kappa shape index (κ1) is 13.5. The number of nitrogens with zero attached hydrogens (tertiary/aromatic N) is 3.